The number of amides is 2. The van der Waals surface area contributed by atoms with Crippen LogP contribution in [0.25, 0.3) is 0 Å². The first-order valence-corrected chi connectivity index (χ1v) is 11.1. The number of hydrogen-bond acceptors (Lipinski definition) is 5. The summed E-state index contributed by atoms with van der Waals surface area (Å²) in [5.41, 5.74) is 0. The molecule has 0 radical (unpaired) electrons. The predicted molar refractivity (Wildman–Crippen MR) is 98.3 cm³/mol. The Hall–Kier alpha value is -1.16. The molecule has 0 unspecified atom stereocenters. The van der Waals surface area contributed by atoms with Gasteiger partial charge in [-0.1, -0.05) is 6.07 Å². The van der Waals surface area contributed by atoms with E-state index in [2.05, 4.69) is 16.7 Å². The van der Waals surface area contributed by atoms with E-state index in [9.17, 15) is 13.2 Å². The number of carbonyl (C=O) groups excluding carboxylic acids is 1. The number of rotatable bonds is 4. The fraction of sp³-hybridized carbons (Fsp3) is 0.688. The third-order valence-corrected chi connectivity index (χ3v) is 7.71. The molecule has 0 saturated carbocycles. The number of piperazine rings is 1. The third-order valence-electron chi connectivity index (χ3n) is 4.89. The Bertz CT molecular complexity index is 670. The summed E-state index contributed by atoms with van der Waals surface area (Å²) < 4.78 is 27.5. The third kappa shape index (κ3) is 4.72. The minimum absolute atomic E-state index is 0.0962. The van der Waals surface area contributed by atoms with Gasteiger partial charge in [-0.15, -0.1) is 11.3 Å². The summed E-state index contributed by atoms with van der Waals surface area (Å²) in [5.74, 6) is 0.167. The fourth-order valence-corrected chi connectivity index (χ4v) is 5.47. The van der Waals surface area contributed by atoms with Gasteiger partial charge in [0.15, 0.2) is 0 Å². The lowest BCUT2D eigenvalue weighted by Crippen LogP contribution is -2.54. The van der Waals surface area contributed by atoms with Crippen LogP contribution in [0.3, 0.4) is 0 Å². The van der Waals surface area contributed by atoms with Gasteiger partial charge in [0.1, 0.15) is 4.21 Å². The van der Waals surface area contributed by atoms with Crippen LogP contribution in [0.15, 0.2) is 21.7 Å². The van der Waals surface area contributed by atoms with Gasteiger partial charge in [0.2, 0.25) is 10.0 Å². The number of nitrogens with zero attached hydrogens (tertiary/aromatic N) is 3. The molecule has 0 aromatic carbocycles. The van der Waals surface area contributed by atoms with Crippen LogP contribution in [0, 0.1) is 5.92 Å². The summed E-state index contributed by atoms with van der Waals surface area (Å²) in [7, 11) is -1.36. The van der Waals surface area contributed by atoms with Crippen LogP contribution in [-0.4, -0.2) is 82.0 Å². The smallest absolute Gasteiger partial charge is 0.320 e. The molecule has 2 aliphatic rings. The highest BCUT2D eigenvalue weighted by atomic mass is 32.2. The second-order valence-corrected chi connectivity index (χ2v) is 9.75. The van der Waals surface area contributed by atoms with Gasteiger partial charge in [-0.25, -0.2) is 17.9 Å². The van der Waals surface area contributed by atoms with Crippen LogP contribution >= 0.6 is 11.3 Å². The summed E-state index contributed by atoms with van der Waals surface area (Å²) in [6, 6.07) is 3.44. The zero-order chi connectivity index (χ0) is 17.9. The van der Waals surface area contributed by atoms with E-state index in [1.165, 1.54) is 11.3 Å². The van der Waals surface area contributed by atoms with Crippen LogP contribution in [0.2, 0.25) is 0 Å². The summed E-state index contributed by atoms with van der Waals surface area (Å²) in [4.78, 5) is 18.7. The molecule has 25 heavy (non-hydrogen) atoms. The molecule has 2 fully saturated rings. The fourth-order valence-electron chi connectivity index (χ4n) is 3.32. The zero-order valence-electron chi connectivity index (χ0n) is 14.6. The number of carbonyl (C=O) groups is 1. The normalized spacial score (nSPS) is 23.0. The van der Waals surface area contributed by atoms with Crippen molar-refractivity contribution in [2.75, 3.05) is 52.9 Å². The average Bonchev–Trinajstić information content (AvgIpc) is 3.16. The molecule has 1 N–H and O–H groups in total. The maximum atomic E-state index is 12.7. The topological polar surface area (TPSA) is 73.0 Å². The maximum Gasteiger partial charge on any atom is 0.320 e. The van der Waals surface area contributed by atoms with E-state index in [4.69, 9.17) is 0 Å². The lowest BCUT2D eigenvalue weighted by atomic mass is 9.98. The van der Waals surface area contributed by atoms with Gasteiger partial charge in [0, 0.05) is 45.8 Å². The first kappa shape index (κ1) is 18.6. The van der Waals surface area contributed by atoms with E-state index < -0.39 is 10.0 Å². The molecule has 1 aromatic rings. The van der Waals surface area contributed by atoms with Gasteiger partial charge in [0.25, 0.3) is 0 Å². The molecule has 1 aromatic heterocycles. The van der Waals surface area contributed by atoms with Gasteiger partial charge in [-0.2, -0.15) is 0 Å². The van der Waals surface area contributed by atoms with Crippen LogP contribution in [-0.2, 0) is 10.0 Å². The number of piperidine rings is 1. The molecule has 2 aliphatic heterocycles. The second kappa shape index (κ2) is 8.03. The largest absolute Gasteiger partial charge is 0.324 e. The Morgan fingerprint density at radius 3 is 2.68 bits per heavy atom. The molecular formula is C16H26N4O3S2. The van der Waals surface area contributed by atoms with Crippen LogP contribution < -0.4 is 4.72 Å². The molecule has 3 rings (SSSR count). The Morgan fingerprint density at radius 1 is 1.24 bits per heavy atom. The van der Waals surface area contributed by atoms with Crippen LogP contribution in [0.1, 0.15) is 12.8 Å². The molecule has 9 heteroatoms. The van der Waals surface area contributed by atoms with Crippen molar-refractivity contribution in [2.45, 2.75) is 17.1 Å². The molecule has 0 aliphatic carbocycles. The Balaban J connectivity index is 1.52. The van der Waals surface area contributed by atoms with Gasteiger partial charge < -0.3 is 14.7 Å². The van der Waals surface area contributed by atoms with Crippen molar-refractivity contribution in [3.63, 3.8) is 0 Å². The van der Waals surface area contributed by atoms with E-state index in [0.29, 0.717) is 17.3 Å². The number of likely N-dealkylation sites (N-methyl/N-ethyl adjacent to an activating group) is 1. The average molecular weight is 387 g/mol. The van der Waals surface area contributed by atoms with Gasteiger partial charge in [-0.3, -0.25) is 0 Å². The van der Waals surface area contributed by atoms with E-state index in [1.807, 2.05) is 9.80 Å². The van der Waals surface area contributed by atoms with Crippen molar-refractivity contribution < 1.29 is 13.2 Å². The van der Waals surface area contributed by atoms with Gasteiger partial charge in [0.05, 0.1) is 0 Å². The quantitative estimate of drug-likeness (QED) is 0.841. The highest BCUT2D eigenvalue weighted by molar-refractivity contribution is 7.91. The summed E-state index contributed by atoms with van der Waals surface area (Å²) in [6.07, 6.45) is 1.87. The van der Waals surface area contributed by atoms with Crippen LogP contribution in [0.5, 0.6) is 0 Å². The van der Waals surface area contributed by atoms with E-state index in [1.54, 1.807) is 17.5 Å². The predicted octanol–water partition coefficient (Wildman–Crippen LogP) is 1.11. The minimum Gasteiger partial charge on any atom is -0.324 e. The van der Waals surface area contributed by atoms with Crippen molar-refractivity contribution in [3.05, 3.63) is 17.5 Å². The second-order valence-electron chi connectivity index (χ2n) is 6.81. The highest BCUT2D eigenvalue weighted by Crippen LogP contribution is 2.20. The molecule has 1 atom stereocenters. The zero-order valence-corrected chi connectivity index (χ0v) is 16.2. The summed E-state index contributed by atoms with van der Waals surface area (Å²) >= 11 is 1.22. The van der Waals surface area contributed by atoms with Gasteiger partial charge in [-0.05, 0) is 37.3 Å². The lowest BCUT2D eigenvalue weighted by Gasteiger charge is -2.39. The summed E-state index contributed by atoms with van der Waals surface area (Å²) in [5, 5.41) is 1.76. The number of likely N-dealkylation sites (tertiary alicyclic amines) is 1. The number of thiophene rings is 1. The van der Waals surface area contributed by atoms with Crippen LogP contribution in [0.4, 0.5) is 4.79 Å². The number of hydrogen-bond donors (Lipinski definition) is 1. The van der Waals surface area contributed by atoms with Crippen molar-refractivity contribution >= 4 is 27.4 Å². The van der Waals surface area contributed by atoms with E-state index in [0.717, 1.165) is 45.6 Å². The monoisotopic (exact) mass is 386 g/mol. The molecule has 2 saturated heterocycles. The van der Waals surface area contributed by atoms with Crippen molar-refractivity contribution in [1.82, 2.24) is 19.4 Å². The molecular weight excluding hydrogens is 360 g/mol. The Kier molecular flexibility index (Phi) is 5.98. The Labute approximate surface area is 153 Å². The highest BCUT2D eigenvalue weighted by Gasteiger charge is 2.29. The first-order chi connectivity index (χ1) is 12.0. The van der Waals surface area contributed by atoms with Crippen molar-refractivity contribution in [3.8, 4) is 0 Å². The number of sulfonamides is 1. The van der Waals surface area contributed by atoms with Gasteiger partial charge >= 0.3 is 6.03 Å². The minimum atomic E-state index is -3.43. The van der Waals surface area contributed by atoms with E-state index >= 15 is 0 Å². The molecule has 0 spiro atoms. The number of nitrogens with one attached hydrogen (secondary N) is 1. The van der Waals surface area contributed by atoms with Crippen molar-refractivity contribution in [2.24, 2.45) is 5.92 Å². The first-order valence-electron chi connectivity index (χ1n) is 8.71. The molecule has 0 bridgehead atoms. The maximum absolute atomic E-state index is 12.7. The lowest BCUT2D eigenvalue weighted by molar-refractivity contribution is 0.106. The molecule has 2 amide bonds. The molecule has 140 valence electrons. The molecule has 3 heterocycles. The summed E-state index contributed by atoms with van der Waals surface area (Å²) in [6.45, 7) is 5.11. The van der Waals surface area contributed by atoms with E-state index in [-0.39, 0.29) is 11.9 Å². The number of urea groups is 1. The Morgan fingerprint density at radius 2 is 2.00 bits per heavy atom. The van der Waals surface area contributed by atoms with Crippen molar-refractivity contribution in [1.29, 1.82) is 0 Å². The molecule has 7 nitrogen and oxygen atoms in total. The standard InChI is InChI=1S/C16H26N4O3S2/c1-18-7-9-19(10-8-18)16(21)20-6-2-4-14(13-20)12-17-25(22,23)15-5-3-11-24-15/h3,5,11,14,17H,2,4,6-10,12-13H2,1H3/t14-/m1/s1. The SMILES string of the molecule is CN1CCN(C(=O)N2CCC[C@H](CNS(=O)(=O)c3cccs3)C2)CC1.